The first-order valence-corrected chi connectivity index (χ1v) is 14.6. The molecule has 0 fully saturated rings. The molecule has 5 nitrogen and oxygen atoms in total. The zero-order valence-corrected chi connectivity index (χ0v) is 22.8. The predicted octanol–water partition coefficient (Wildman–Crippen LogP) is 7.08. The Balaban J connectivity index is 1.11. The van der Waals surface area contributed by atoms with E-state index in [1.165, 1.54) is 45.7 Å². The molecule has 0 amide bonds. The van der Waals surface area contributed by atoms with E-state index in [1.807, 2.05) is 24.3 Å². The SMILES string of the molecule is CCCc1cc(-c2nc3c(s2)CCC3)ccc1OCCCOc1ccc2c(c1)CC[C@H]2CC(=O)OCC. The van der Waals surface area contributed by atoms with Crippen LogP contribution in [0.15, 0.2) is 36.4 Å². The first kappa shape index (κ1) is 25.8. The van der Waals surface area contributed by atoms with E-state index < -0.39 is 0 Å². The van der Waals surface area contributed by atoms with Crippen molar-refractivity contribution in [3.63, 3.8) is 0 Å². The molecule has 2 aliphatic rings. The fraction of sp³-hybridized carbons (Fsp3) is 0.484. The van der Waals surface area contributed by atoms with E-state index in [0.29, 0.717) is 26.2 Å². The van der Waals surface area contributed by atoms with Gasteiger partial charge in [0.2, 0.25) is 0 Å². The summed E-state index contributed by atoms with van der Waals surface area (Å²) in [5.74, 6) is 2.02. The Morgan fingerprint density at radius 3 is 2.78 bits per heavy atom. The summed E-state index contributed by atoms with van der Waals surface area (Å²) >= 11 is 1.85. The Labute approximate surface area is 224 Å². The van der Waals surface area contributed by atoms with Crippen molar-refractivity contribution in [2.45, 2.75) is 77.6 Å². The van der Waals surface area contributed by atoms with Crippen molar-refractivity contribution in [3.05, 3.63) is 63.7 Å². The number of carbonyl (C=O) groups excluding carboxylic acids is 1. The van der Waals surface area contributed by atoms with Gasteiger partial charge in [0.05, 0.1) is 31.9 Å². The van der Waals surface area contributed by atoms with Crippen LogP contribution in [0.2, 0.25) is 0 Å². The van der Waals surface area contributed by atoms with Crippen LogP contribution in [0.5, 0.6) is 11.5 Å². The van der Waals surface area contributed by atoms with E-state index in [2.05, 4.69) is 37.3 Å². The number of carbonyl (C=O) groups is 1. The van der Waals surface area contributed by atoms with E-state index >= 15 is 0 Å². The molecule has 0 aliphatic heterocycles. The van der Waals surface area contributed by atoms with Crippen LogP contribution in [0, 0.1) is 0 Å². The number of aromatic nitrogens is 1. The minimum absolute atomic E-state index is 0.107. The third kappa shape index (κ3) is 6.18. The van der Waals surface area contributed by atoms with Crippen molar-refractivity contribution in [2.24, 2.45) is 0 Å². The summed E-state index contributed by atoms with van der Waals surface area (Å²) in [7, 11) is 0. The number of hydrogen-bond acceptors (Lipinski definition) is 6. The molecule has 196 valence electrons. The van der Waals surface area contributed by atoms with Crippen molar-refractivity contribution >= 4 is 17.3 Å². The molecular weight excluding hydrogens is 482 g/mol. The molecule has 0 radical (unpaired) electrons. The van der Waals surface area contributed by atoms with Crippen molar-refractivity contribution in [1.29, 1.82) is 0 Å². The molecule has 5 rings (SSSR count). The van der Waals surface area contributed by atoms with Crippen LogP contribution in [0.25, 0.3) is 10.6 Å². The number of esters is 1. The van der Waals surface area contributed by atoms with E-state index in [4.69, 9.17) is 19.2 Å². The van der Waals surface area contributed by atoms with Gasteiger partial charge < -0.3 is 14.2 Å². The summed E-state index contributed by atoms with van der Waals surface area (Å²) in [6, 6.07) is 12.8. The van der Waals surface area contributed by atoms with Crippen molar-refractivity contribution in [3.8, 4) is 22.1 Å². The number of ether oxygens (including phenoxy) is 3. The van der Waals surface area contributed by atoms with Gasteiger partial charge >= 0.3 is 5.97 Å². The van der Waals surface area contributed by atoms with Crippen molar-refractivity contribution in [1.82, 2.24) is 4.98 Å². The lowest BCUT2D eigenvalue weighted by atomic mass is 9.98. The number of hydrogen-bond donors (Lipinski definition) is 0. The van der Waals surface area contributed by atoms with Crippen LogP contribution in [-0.2, 0) is 35.2 Å². The maximum absolute atomic E-state index is 11.9. The fourth-order valence-corrected chi connectivity index (χ4v) is 6.61. The fourth-order valence-electron chi connectivity index (χ4n) is 5.47. The van der Waals surface area contributed by atoms with Crippen LogP contribution in [0.1, 0.15) is 79.1 Å². The summed E-state index contributed by atoms with van der Waals surface area (Å²) < 4.78 is 17.3. The largest absolute Gasteiger partial charge is 0.493 e. The summed E-state index contributed by atoms with van der Waals surface area (Å²) in [5.41, 5.74) is 6.32. The summed E-state index contributed by atoms with van der Waals surface area (Å²) in [6.07, 6.45) is 8.89. The van der Waals surface area contributed by atoms with Gasteiger partial charge in [0.25, 0.3) is 0 Å². The first-order valence-electron chi connectivity index (χ1n) is 13.8. The second kappa shape index (κ2) is 12.1. The van der Waals surface area contributed by atoms with Crippen molar-refractivity contribution < 1.29 is 19.0 Å². The van der Waals surface area contributed by atoms with Gasteiger partial charge in [-0.15, -0.1) is 11.3 Å². The summed E-state index contributed by atoms with van der Waals surface area (Å²) in [5, 5.41) is 1.14. The third-order valence-corrected chi connectivity index (χ3v) is 8.48. The molecule has 3 aromatic rings. The Hall–Kier alpha value is -2.86. The molecule has 0 saturated carbocycles. The highest BCUT2D eigenvalue weighted by atomic mass is 32.1. The van der Waals surface area contributed by atoms with Crippen LogP contribution in [-0.4, -0.2) is 30.8 Å². The number of thiazole rings is 1. The van der Waals surface area contributed by atoms with Gasteiger partial charge in [-0.05, 0) is 98.4 Å². The first-order chi connectivity index (χ1) is 18.1. The number of aryl methyl sites for hydroxylation is 4. The molecule has 0 spiro atoms. The molecule has 1 atom stereocenters. The van der Waals surface area contributed by atoms with Crippen LogP contribution < -0.4 is 9.47 Å². The lowest BCUT2D eigenvalue weighted by Crippen LogP contribution is -2.08. The summed E-state index contributed by atoms with van der Waals surface area (Å²) in [4.78, 5) is 18.2. The highest BCUT2D eigenvalue weighted by molar-refractivity contribution is 7.15. The molecule has 1 heterocycles. The average Bonchev–Trinajstić information content (AvgIpc) is 3.60. The van der Waals surface area contributed by atoms with E-state index in [0.717, 1.165) is 55.0 Å². The monoisotopic (exact) mass is 519 g/mol. The maximum atomic E-state index is 11.9. The Kier molecular flexibility index (Phi) is 8.45. The molecule has 0 saturated heterocycles. The van der Waals surface area contributed by atoms with E-state index in [1.54, 1.807) is 0 Å². The lowest BCUT2D eigenvalue weighted by Gasteiger charge is -2.14. The van der Waals surface area contributed by atoms with Gasteiger partial charge in [-0.25, -0.2) is 4.98 Å². The van der Waals surface area contributed by atoms with Gasteiger partial charge in [0.15, 0.2) is 0 Å². The minimum Gasteiger partial charge on any atom is -0.493 e. The second-order valence-corrected chi connectivity index (χ2v) is 11.1. The zero-order chi connectivity index (χ0) is 25.6. The highest BCUT2D eigenvalue weighted by Gasteiger charge is 2.25. The number of benzene rings is 2. The topological polar surface area (TPSA) is 57.7 Å². The predicted molar refractivity (Wildman–Crippen MR) is 148 cm³/mol. The second-order valence-electron chi connectivity index (χ2n) is 9.97. The number of fused-ring (bicyclic) bond motifs is 2. The maximum Gasteiger partial charge on any atom is 0.306 e. The van der Waals surface area contributed by atoms with Gasteiger partial charge in [0, 0.05) is 16.9 Å². The smallest absolute Gasteiger partial charge is 0.306 e. The van der Waals surface area contributed by atoms with Gasteiger partial charge in [-0.3, -0.25) is 4.79 Å². The highest BCUT2D eigenvalue weighted by Crippen LogP contribution is 2.38. The molecule has 2 aromatic carbocycles. The average molecular weight is 520 g/mol. The van der Waals surface area contributed by atoms with Gasteiger partial charge in [-0.1, -0.05) is 19.4 Å². The molecule has 6 heteroatoms. The van der Waals surface area contributed by atoms with Gasteiger partial charge in [-0.2, -0.15) is 0 Å². The molecule has 1 aromatic heterocycles. The standard InChI is InChI=1S/C31H37NO4S/c1-3-7-23-18-24(31-32-27-8-5-9-29(27)37-31)12-15-28(23)36-17-6-16-35-25-13-14-26-21(19-25)10-11-22(26)20-30(33)34-4-2/h12-15,18-19,22H,3-11,16-17,20H2,1-2H3/t22-/m0/s1. The molecule has 2 aliphatic carbocycles. The van der Waals surface area contributed by atoms with Crippen LogP contribution >= 0.6 is 11.3 Å². The Morgan fingerprint density at radius 1 is 1.05 bits per heavy atom. The molecular formula is C31H37NO4S. The summed E-state index contributed by atoms with van der Waals surface area (Å²) in [6.45, 7) is 5.72. The number of nitrogens with zero attached hydrogens (tertiary/aromatic N) is 1. The quantitative estimate of drug-likeness (QED) is 0.189. The number of rotatable bonds is 12. The molecule has 0 unspecified atom stereocenters. The molecule has 0 bridgehead atoms. The molecule has 37 heavy (non-hydrogen) atoms. The Bertz CT molecular complexity index is 1210. The lowest BCUT2D eigenvalue weighted by molar-refractivity contribution is -0.143. The van der Waals surface area contributed by atoms with Crippen LogP contribution in [0.4, 0.5) is 0 Å². The minimum atomic E-state index is -0.107. The van der Waals surface area contributed by atoms with Gasteiger partial charge in [0.1, 0.15) is 16.5 Å². The molecule has 0 N–H and O–H groups in total. The van der Waals surface area contributed by atoms with E-state index in [-0.39, 0.29) is 11.9 Å². The normalized spacial score (nSPS) is 15.9. The zero-order valence-electron chi connectivity index (χ0n) is 22.0. The van der Waals surface area contributed by atoms with Crippen molar-refractivity contribution in [2.75, 3.05) is 19.8 Å². The van der Waals surface area contributed by atoms with Crippen LogP contribution in [0.3, 0.4) is 0 Å². The third-order valence-electron chi connectivity index (χ3n) is 7.27. The Morgan fingerprint density at radius 2 is 1.95 bits per heavy atom. The van der Waals surface area contributed by atoms with E-state index in [9.17, 15) is 4.79 Å².